The Morgan fingerprint density at radius 1 is 1.28 bits per heavy atom. The van der Waals surface area contributed by atoms with Gasteiger partial charge in [-0.2, -0.15) is 0 Å². The van der Waals surface area contributed by atoms with E-state index in [0.717, 1.165) is 22.4 Å². The molecule has 0 spiro atoms. The molecular weight excluding hydrogens is 318 g/mol. The summed E-state index contributed by atoms with van der Waals surface area (Å²) in [5.74, 6) is -0.291. The molecule has 1 saturated heterocycles. The topological polar surface area (TPSA) is 78.5 Å². The van der Waals surface area contributed by atoms with Gasteiger partial charge in [0.05, 0.1) is 0 Å². The van der Waals surface area contributed by atoms with Gasteiger partial charge in [-0.25, -0.2) is 4.79 Å². The van der Waals surface area contributed by atoms with Crippen LogP contribution in [0, 0.1) is 19.8 Å². The third-order valence-electron chi connectivity index (χ3n) is 4.52. The number of hydrogen-bond donors (Lipinski definition) is 2. The second-order valence-corrected chi connectivity index (χ2v) is 7.45. The first-order chi connectivity index (χ1) is 11.6. The van der Waals surface area contributed by atoms with Crippen LogP contribution in [0.15, 0.2) is 18.2 Å². The number of carbonyl (C=O) groups excluding carboxylic acids is 3. The average molecular weight is 345 g/mol. The van der Waals surface area contributed by atoms with Crippen molar-refractivity contribution in [1.29, 1.82) is 0 Å². The van der Waals surface area contributed by atoms with Crippen LogP contribution in [0.4, 0.5) is 10.5 Å². The molecule has 1 atom stereocenters. The molecule has 1 unspecified atom stereocenters. The van der Waals surface area contributed by atoms with Crippen LogP contribution in [-0.2, 0) is 9.59 Å². The summed E-state index contributed by atoms with van der Waals surface area (Å²) in [5, 5.41) is 5.50. The van der Waals surface area contributed by atoms with Gasteiger partial charge in [-0.15, -0.1) is 0 Å². The van der Waals surface area contributed by atoms with Crippen LogP contribution >= 0.6 is 0 Å². The molecule has 1 fully saturated rings. The maximum Gasteiger partial charge on any atom is 0.325 e. The minimum atomic E-state index is -0.929. The molecule has 1 aliphatic rings. The van der Waals surface area contributed by atoms with Crippen molar-refractivity contribution in [3.05, 3.63) is 29.3 Å². The van der Waals surface area contributed by atoms with Crippen LogP contribution in [0.5, 0.6) is 0 Å². The lowest BCUT2D eigenvalue weighted by molar-refractivity contribution is -0.133. The van der Waals surface area contributed by atoms with Gasteiger partial charge in [-0.05, 0) is 51.2 Å². The van der Waals surface area contributed by atoms with E-state index in [4.69, 9.17) is 0 Å². The van der Waals surface area contributed by atoms with E-state index in [1.807, 2.05) is 32.0 Å². The molecule has 0 bridgehead atoms. The SMILES string of the molecule is Cc1ccc(NC(=O)CN2C(=O)NC(C)(CCC(C)C)C2=O)c(C)c1. The van der Waals surface area contributed by atoms with Crippen molar-refractivity contribution in [3.8, 4) is 0 Å². The Morgan fingerprint density at radius 2 is 1.96 bits per heavy atom. The third-order valence-corrected chi connectivity index (χ3v) is 4.52. The number of aryl methyl sites for hydroxylation is 2. The minimum Gasteiger partial charge on any atom is -0.324 e. The van der Waals surface area contributed by atoms with Crippen molar-refractivity contribution in [2.45, 2.75) is 53.0 Å². The number of imide groups is 1. The Kier molecular flexibility index (Phi) is 5.50. The monoisotopic (exact) mass is 345 g/mol. The molecule has 4 amide bonds. The highest BCUT2D eigenvalue weighted by Crippen LogP contribution is 2.25. The van der Waals surface area contributed by atoms with Crippen molar-refractivity contribution in [3.63, 3.8) is 0 Å². The fraction of sp³-hybridized carbons (Fsp3) is 0.526. The fourth-order valence-corrected chi connectivity index (χ4v) is 2.92. The van der Waals surface area contributed by atoms with E-state index in [9.17, 15) is 14.4 Å². The zero-order chi connectivity index (χ0) is 18.8. The highest BCUT2D eigenvalue weighted by atomic mass is 16.2. The Labute approximate surface area is 149 Å². The summed E-state index contributed by atoms with van der Waals surface area (Å²) in [6.07, 6.45) is 1.38. The van der Waals surface area contributed by atoms with Crippen LogP contribution in [0.1, 0.15) is 44.7 Å². The summed E-state index contributed by atoms with van der Waals surface area (Å²) >= 11 is 0. The molecule has 1 heterocycles. The molecule has 0 aliphatic carbocycles. The van der Waals surface area contributed by atoms with E-state index in [-0.39, 0.29) is 18.4 Å². The number of rotatable bonds is 6. The van der Waals surface area contributed by atoms with E-state index in [0.29, 0.717) is 18.0 Å². The molecule has 0 aromatic heterocycles. The predicted octanol–water partition coefficient (Wildman–Crippen LogP) is 2.99. The highest BCUT2D eigenvalue weighted by Gasteiger charge is 2.47. The number of nitrogens with one attached hydrogen (secondary N) is 2. The third kappa shape index (κ3) is 4.38. The number of benzene rings is 1. The molecule has 2 rings (SSSR count). The molecule has 6 heteroatoms. The summed E-state index contributed by atoms with van der Waals surface area (Å²) in [7, 11) is 0. The molecule has 25 heavy (non-hydrogen) atoms. The van der Waals surface area contributed by atoms with E-state index < -0.39 is 11.6 Å². The zero-order valence-corrected chi connectivity index (χ0v) is 15.6. The molecule has 136 valence electrons. The van der Waals surface area contributed by atoms with Crippen molar-refractivity contribution >= 4 is 23.5 Å². The van der Waals surface area contributed by atoms with Crippen LogP contribution in [0.2, 0.25) is 0 Å². The largest absolute Gasteiger partial charge is 0.325 e. The van der Waals surface area contributed by atoms with Gasteiger partial charge in [-0.3, -0.25) is 14.5 Å². The molecular formula is C19H27N3O3. The van der Waals surface area contributed by atoms with E-state index in [2.05, 4.69) is 24.5 Å². The van der Waals surface area contributed by atoms with Gasteiger partial charge < -0.3 is 10.6 Å². The first-order valence-electron chi connectivity index (χ1n) is 8.63. The maximum atomic E-state index is 12.6. The molecule has 0 radical (unpaired) electrons. The van der Waals surface area contributed by atoms with Crippen molar-refractivity contribution < 1.29 is 14.4 Å². The van der Waals surface area contributed by atoms with E-state index in [1.165, 1.54) is 0 Å². The molecule has 1 aromatic rings. The second kappa shape index (κ2) is 7.25. The van der Waals surface area contributed by atoms with Gasteiger partial charge in [0.15, 0.2) is 0 Å². The zero-order valence-electron chi connectivity index (χ0n) is 15.6. The molecule has 1 aromatic carbocycles. The van der Waals surface area contributed by atoms with Gasteiger partial charge in [0, 0.05) is 5.69 Å². The van der Waals surface area contributed by atoms with Gasteiger partial charge in [-0.1, -0.05) is 31.5 Å². The molecule has 6 nitrogen and oxygen atoms in total. The van der Waals surface area contributed by atoms with Crippen LogP contribution in [0.3, 0.4) is 0 Å². The first-order valence-corrected chi connectivity index (χ1v) is 8.63. The van der Waals surface area contributed by atoms with Crippen LogP contribution < -0.4 is 10.6 Å². The lowest BCUT2D eigenvalue weighted by Crippen LogP contribution is -2.44. The lowest BCUT2D eigenvalue weighted by atomic mass is 9.92. The van der Waals surface area contributed by atoms with Crippen LogP contribution in [-0.4, -0.2) is 34.8 Å². The van der Waals surface area contributed by atoms with Crippen molar-refractivity contribution in [1.82, 2.24) is 10.2 Å². The first kappa shape index (κ1) is 19.0. The van der Waals surface area contributed by atoms with Gasteiger partial charge in [0.25, 0.3) is 5.91 Å². The summed E-state index contributed by atoms with van der Waals surface area (Å²) in [4.78, 5) is 38.1. The number of nitrogens with zero attached hydrogens (tertiary/aromatic N) is 1. The molecule has 2 N–H and O–H groups in total. The normalized spacial score (nSPS) is 20.2. The second-order valence-electron chi connectivity index (χ2n) is 7.45. The summed E-state index contributed by atoms with van der Waals surface area (Å²) in [5.41, 5.74) is 1.80. The fourth-order valence-electron chi connectivity index (χ4n) is 2.92. The minimum absolute atomic E-state index is 0.282. The van der Waals surface area contributed by atoms with E-state index in [1.54, 1.807) is 6.92 Å². The number of hydrogen-bond acceptors (Lipinski definition) is 3. The Hall–Kier alpha value is -2.37. The standard InChI is InChI=1S/C19H27N3O3/c1-12(2)8-9-19(5)17(24)22(18(25)21-19)11-16(23)20-15-7-6-13(3)10-14(15)4/h6-7,10,12H,8-9,11H2,1-5H3,(H,20,23)(H,21,25). The van der Waals surface area contributed by atoms with Crippen molar-refractivity contribution in [2.24, 2.45) is 5.92 Å². The van der Waals surface area contributed by atoms with Gasteiger partial charge >= 0.3 is 6.03 Å². The van der Waals surface area contributed by atoms with Gasteiger partial charge in [0.1, 0.15) is 12.1 Å². The Balaban J connectivity index is 2.03. The summed E-state index contributed by atoms with van der Waals surface area (Å²) in [6.45, 7) is 9.45. The lowest BCUT2D eigenvalue weighted by Gasteiger charge is -2.22. The van der Waals surface area contributed by atoms with E-state index >= 15 is 0 Å². The average Bonchev–Trinajstić information content (AvgIpc) is 2.72. The Bertz CT molecular complexity index is 699. The summed E-state index contributed by atoms with van der Waals surface area (Å²) in [6, 6.07) is 5.18. The van der Waals surface area contributed by atoms with Crippen molar-refractivity contribution in [2.75, 3.05) is 11.9 Å². The number of anilines is 1. The number of urea groups is 1. The highest BCUT2D eigenvalue weighted by molar-refractivity contribution is 6.09. The number of amides is 4. The summed E-state index contributed by atoms with van der Waals surface area (Å²) < 4.78 is 0. The predicted molar refractivity (Wildman–Crippen MR) is 97.3 cm³/mol. The molecule has 1 aliphatic heterocycles. The number of carbonyl (C=O) groups is 3. The molecule has 0 saturated carbocycles. The smallest absolute Gasteiger partial charge is 0.324 e. The van der Waals surface area contributed by atoms with Gasteiger partial charge in [0.2, 0.25) is 5.91 Å². The Morgan fingerprint density at radius 3 is 2.56 bits per heavy atom. The maximum absolute atomic E-state index is 12.6. The van der Waals surface area contributed by atoms with Crippen LogP contribution in [0.25, 0.3) is 0 Å². The quantitative estimate of drug-likeness (QED) is 0.778.